The number of hydrogen-bond donors (Lipinski definition) is 1. The van der Waals surface area contributed by atoms with Gasteiger partial charge in [-0.15, -0.1) is 0 Å². The summed E-state index contributed by atoms with van der Waals surface area (Å²) < 4.78 is 5.89. The van der Waals surface area contributed by atoms with Crippen molar-refractivity contribution in [2.75, 3.05) is 12.4 Å². The Balaban J connectivity index is 2.97. The van der Waals surface area contributed by atoms with Crippen LogP contribution in [-0.4, -0.2) is 28.9 Å². The molecule has 0 fully saturated rings. The van der Waals surface area contributed by atoms with Crippen molar-refractivity contribution in [3.8, 4) is 0 Å². The molecule has 0 saturated heterocycles. The largest absolute Gasteiger partial charge is 0.467 e. The highest BCUT2D eigenvalue weighted by molar-refractivity contribution is 6.33. The molecule has 7 heteroatoms. The average molecular weight is 288 g/mol. The topological polar surface area (TPSA) is 73.2 Å². The number of hydrogen-bond acceptors (Lipinski definition) is 5. The molecule has 19 heavy (non-hydrogen) atoms. The van der Waals surface area contributed by atoms with E-state index in [0.717, 1.165) is 0 Å². The Morgan fingerprint density at radius 2 is 2.16 bits per heavy atom. The Labute approximate surface area is 116 Å². The van der Waals surface area contributed by atoms with Crippen molar-refractivity contribution in [2.45, 2.75) is 33.4 Å². The van der Waals surface area contributed by atoms with E-state index in [1.165, 1.54) is 18.0 Å². The lowest BCUT2D eigenvalue weighted by atomic mass is 10.2. The summed E-state index contributed by atoms with van der Waals surface area (Å²) in [6, 6.07) is -0.607. The highest BCUT2D eigenvalue weighted by Crippen LogP contribution is 2.16. The van der Waals surface area contributed by atoms with Crippen molar-refractivity contribution in [1.82, 2.24) is 9.78 Å². The first kappa shape index (κ1) is 15.5. The third-order valence-corrected chi connectivity index (χ3v) is 2.81. The quantitative estimate of drug-likeness (QED) is 0.831. The van der Waals surface area contributed by atoms with Gasteiger partial charge in [0.05, 0.1) is 19.0 Å². The lowest BCUT2D eigenvalue weighted by molar-refractivity contribution is -0.141. The third-order valence-electron chi connectivity index (χ3n) is 2.45. The van der Waals surface area contributed by atoms with E-state index >= 15 is 0 Å². The Hall–Kier alpha value is -1.56. The van der Waals surface area contributed by atoms with Crippen LogP contribution in [0.3, 0.4) is 0 Å². The lowest BCUT2D eigenvalue weighted by Crippen LogP contribution is -2.30. The maximum atomic E-state index is 12.0. The van der Waals surface area contributed by atoms with Gasteiger partial charge in [-0.25, -0.2) is 9.48 Å². The van der Waals surface area contributed by atoms with Crippen molar-refractivity contribution in [1.29, 1.82) is 0 Å². The number of anilines is 1. The zero-order valence-electron chi connectivity index (χ0n) is 11.4. The number of nitrogens with zero attached hydrogens (tertiary/aromatic N) is 2. The maximum Gasteiger partial charge on any atom is 0.327 e. The molecule has 0 aliphatic carbocycles. The first-order chi connectivity index (χ1) is 8.86. The monoisotopic (exact) mass is 287 g/mol. The first-order valence-electron chi connectivity index (χ1n) is 5.96. The van der Waals surface area contributed by atoms with Gasteiger partial charge in [-0.3, -0.25) is 4.79 Å². The van der Waals surface area contributed by atoms with Crippen LogP contribution in [0, 0.1) is 5.92 Å². The van der Waals surface area contributed by atoms with Crippen LogP contribution in [0.4, 0.5) is 5.69 Å². The molecule has 0 saturated carbocycles. The molecule has 1 heterocycles. The van der Waals surface area contributed by atoms with E-state index in [0.29, 0.717) is 12.2 Å². The van der Waals surface area contributed by atoms with Crippen LogP contribution in [0.5, 0.6) is 0 Å². The van der Waals surface area contributed by atoms with Crippen LogP contribution in [0.1, 0.15) is 20.8 Å². The number of carbonyl (C=O) groups is 1. The third kappa shape index (κ3) is 3.96. The van der Waals surface area contributed by atoms with Crippen LogP contribution in [-0.2, 0) is 16.1 Å². The summed E-state index contributed by atoms with van der Waals surface area (Å²) in [7, 11) is 1.29. The lowest BCUT2D eigenvalue weighted by Gasteiger charge is -2.15. The van der Waals surface area contributed by atoms with E-state index in [1.54, 1.807) is 6.92 Å². The van der Waals surface area contributed by atoms with Gasteiger partial charge in [-0.1, -0.05) is 25.4 Å². The fraction of sp³-hybridized carbons (Fsp3) is 0.583. The van der Waals surface area contributed by atoms with E-state index in [2.05, 4.69) is 15.2 Å². The number of rotatable bonds is 5. The highest BCUT2D eigenvalue weighted by atomic mass is 35.5. The number of esters is 1. The number of ether oxygens (including phenoxy) is 1. The summed E-state index contributed by atoms with van der Waals surface area (Å²) in [6.07, 6.45) is 1.44. The van der Waals surface area contributed by atoms with Gasteiger partial charge >= 0.3 is 5.97 Å². The standard InChI is InChI=1S/C12H18ClN3O3/c1-7(2)6-16-11(17)10(13)9(5-14-16)15-8(3)12(18)19-4/h5,7-8,15H,6H2,1-4H3. The van der Waals surface area contributed by atoms with E-state index < -0.39 is 12.0 Å². The molecule has 0 bridgehead atoms. The first-order valence-corrected chi connectivity index (χ1v) is 6.34. The predicted molar refractivity (Wildman–Crippen MR) is 73.4 cm³/mol. The molecule has 6 nitrogen and oxygen atoms in total. The van der Waals surface area contributed by atoms with Crippen LogP contribution in [0.25, 0.3) is 0 Å². The number of methoxy groups -OCH3 is 1. The maximum absolute atomic E-state index is 12.0. The zero-order chi connectivity index (χ0) is 14.6. The van der Waals surface area contributed by atoms with Crippen LogP contribution in [0.2, 0.25) is 5.02 Å². The molecule has 1 rings (SSSR count). The Morgan fingerprint density at radius 1 is 1.53 bits per heavy atom. The summed E-state index contributed by atoms with van der Waals surface area (Å²) in [4.78, 5) is 23.3. The summed E-state index contributed by atoms with van der Waals surface area (Å²) >= 11 is 5.99. The van der Waals surface area contributed by atoms with Gasteiger partial charge in [0.1, 0.15) is 11.1 Å². The van der Waals surface area contributed by atoms with Crippen molar-refractivity contribution < 1.29 is 9.53 Å². The number of halogens is 1. The smallest absolute Gasteiger partial charge is 0.327 e. The zero-order valence-corrected chi connectivity index (χ0v) is 12.2. The predicted octanol–water partition coefficient (Wildman–Crippen LogP) is 1.53. The minimum absolute atomic E-state index is 0.0198. The van der Waals surface area contributed by atoms with Crippen molar-refractivity contribution in [3.05, 3.63) is 21.6 Å². The summed E-state index contributed by atoms with van der Waals surface area (Å²) in [6.45, 7) is 6.06. The van der Waals surface area contributed by atoms with Crippen LogP contribution < -0.4 is 10.9 Å². The highest BCUT2D eigenvalue weighted by Gasteiger charge is 2.16. The second-order valence-electron chi connectivity index (χ2n) is 4.64. The van der Waals surface area contributed by atoms with Gasteiger partial charge in [0, 0.05) is 6.54 Å². The minimum Gasteiger partial charge on any atom is -0.467 e. The molecular formula is C12H18ClN3O3. The summed E-state index contributed by atoms with van der Waals surface area (Å²) in [5.74, 6) is -0.156. The number of aromatic nitrogens is 2. The van der Waals surface area contributed by atoms with Gasteiger partial charge in [-0.05, 0) is 12.8 Å². The van der Waals surface area contributed by atoms with E-state index in [-0.39, 0.29) is 16.5 Å². The minimum atomic E-state index is -0.607. The molecule has 0 aliphatic rings. The Kier molecular flexibility index (Phi) is 5.35. The molecule has 1 N–H and O–H groups in total. The van der Waals surface area contributed by atoms with Crippen molar-refractivity contribution in [2.24, 2.45) is 5.92 Å². The molecule has 1 atom stereocenters. The molecular weight excluding hydrogens is 270 g/mol. The Morgan fingerprint density at radius 3 is 2.68 bits per heavy atom. The summed E-state index contributed by atoms with van der Waals surface area (Å²) in [5, 5.41) is 6.84. The summed E-state index contributed by atoms with van der Waals surface area (Å²) in [5.41, 5.74) is -0.0537. The van der Waals surface area contributed by atoms with E-state index in [9.17, 15) is 9.59 Å². The molecule has 0 amide bonds. The molecule has 0 aromatic carbocycles. The SMILES string of the molecule is COC(=O)C(C)Nc1cnn(CC(C)C)c(=O)c1Cl. The van der Waals surface area contributed by atoms with Crippen LogP contribution >= 0.6 is 11.6 Å². The number of carbonyl (C=O) groups excluding carboxylic acids is 1. The van der Waals surface area contributed by atoms with Gasteiger partial charge in [-0.2, -0.15) is 5.10 Å². The second-order valence-corrected chi connectivity index (χ2v) is 5.02. The number of nitrogens with one attached hydrogen (secondary N) is 1. The van der Waals surface area contributed by atoms with E-state index in [4.69, 9.17) is 11.6 Å². The van der Waals surface area contributed by atoms with Crippen LogP contribution in [0.15, 0.2) is 11.0 Å². The second kappa shape index (κ2) is 6.56. The van der Waals surface area contributed by atoms with Gasteiger partial charge in [0.15, 0.2) is 0 Å². The molecule has 0 spiro atoms. The van der Waals surface area contributed by atoms with Gasteiger partial charge < -0.3 is 10.1 Å². The normalized spacial score (nSPS) is 12.3. The molecule has 1 aromatic heterocycles. The molecule has 0 aliphatic heterocycles. The van der Waals surface area contributed by atoms with Gasteiger partial charge in [0.2, 0.25) is 0 Å². The fourth-order valence-electron chi connectivity index (χ4n) is 1.51. The average Bonchev–Trinajstić information content (AvgIpc) is 2.36. The molecule has 106 valence electrons. The molecule has 1 aromatic rings. The van der Waals surface area contributed by atoms with Crippen molar-refractivity contribution in [3.63, 3.8) is 0 Å². The van der Waals surface area contributed by atoms with Crippen molar-refractivity contribution >= 4 is 23.3 Å². The molecule has 1 unspecified atom stereocenters. The fourth-order valence-corrected chi connectivity index (χ4v) is 1.71. The molecule has 0 radical (unpaired) electrons. The Bertz CT molecular complexity index is 513. The van der Waals surface area contributed by atoms with Gasteiger partial charge in [0.25, 0.3) is 5.56 Å². The van der Waals surface area contributed by atoms with E-state index in [1.807, 2.05) is 13.8 Å².